The molecule has 0 aliphatic carbocycles. The highest BCUT2D eigenvalue weighted by Crippen LogP contribution is 2.38. The number of nitrogens with one attached hydrogen (secondary N) is 2. The Kier molecular flexibility index (Phi) is 5.35. The van der Waals surface area contributed by atoms with Gasteiger partial charge in [-0.05, 0) is 35.9 Å². The van der Waals surface area contributed by atoms with Gasteiger partial charge < -0.3 is 25.8 Å². The molecule has 1 aliphatic heterocycles. The van der Waals surface area contributed by atoms with Crippen LogP contribution in [0.1, 0.15) is 15.9 Å². The third-order valence-corrected chi connectivity index (χ3v) is 5.27. The molecule has 0 saturated carbocycles. The number of anilines is 1. The van der Waals surface area contributed by atoms with Gasteiger partial charge in [-0.25, -0.2) is 4.98 Å². The molecule has 0 radical (unpaired) electrons. The zero-order chi connectivity index (χ0) is 21.9. The minimum atomic E-state index is -0.177. The van der Waals surface area contributed by atoms with Crippen LogP contribution in [0.4, 0.5) is 5.82 Å². The molecule has 0 bridgehead atoms. The van der Waals surface area contributed by atoms with Crippen LogP contribution in [0.3, 0.4) is 0 Å². The number of rotatable bonds is 7. The van der Waals surface area contributed by atoms with Crippen LogP contribution in [0.15, 0.2) is 66.9 Å². The summed E-state index contributed by atoms with van der Waals surface area (Å²) in [7, 11) is 0. The van der Waals surface area contributed by atoms with Gasteiger partial charge in [-0.3, -0.25) is 9.20 Å². The molecule has 3 heterocycles. The van der Waals surface area contributed by atoms with Gasteiger partial charge in [-0.2, -0.15) is 0 Å². The fourth-order valence-corrected chi connectivity index (χ4v) is 3.67. The van der Waals surface area contributed by atoms with E-state index in [1.807, 2.05) is 47.0 Å². The SMILES string of the molecule is NCCNC(=O)c1ccn2c(NCc3ccccc3)c(-c3ccc4c(c3)OCO4)nc2c1. The molecule has 0 unspecified atom stereocenters. The first kappa shape index (κ1) is 19.9. The highest BCUT2D eigenvalue weighted by atomic mass is 16.7. The number of amides is 1. The van der Waals surface area contributed by atoms with Crippen LogP contribution in [0.2, 0.25) is 0 Å². The van der Waals surface area contributed by atoms with Crippen molar-refractivity contribution in [1.82, 2.24) is 14.7 Å². The van der Waals surface area contributed by atoms with Crippen molar-refractivity contribution in [3.8, 4) is 22.8 Å². The quantitative estimate of drug-likeness (QED) is 0.417. The molecule has 8 heteroatoms. The van der Waals surface area contributed by atoms with Crippen LogP contribution < -0.4 is 25.8 Å². The molecule has 5 rings (SSSR count). The van der Waals surface area contributed by atoms with E-state index in [1.165, 1.54) is 0 Å². The lowest BCUT2D eigenvalue weighted by Crippen LogP contribution is -2.29. The van der Waals surface area contributed by atoms with Crippen LogP contribution in [0.5, 0.6) is 11.5 Å². The zero-order valence-corrected chi connectivity index (χ0v) is 17.4. The first-order chi connectivity index (χ1) is 15.7. The molecule has 2 aromatic carbocycles. The van der Waals surface area contributed by atoms with Crippen molar-refractivity contribution < 1.29 is 14.3 Å². The van der Waals surface area contributed by atoms with Gasteiger partial charge >= 0.3 is 0 Å². The number of hydrogen-bond acceptors (Lipinski definition) is 6. The largest absolute Gasteiger partial charge is 0.454 e. The summed E-state index contributed by atoms with van der Waals surface area (Å²) in [5, 5.41) is 6.31. The van der Waals surface area contributed by atoms with Crippen molar-refractivity contribution in [2.45, 2.75) is 6.54 Å². The smallest absolute Gasteiger partial charge is 0.251 e. The Hall–Kier alpha value is -4.04. The second-order valence-electron chi connectivity index (χ2n) is 7.40. The van der Waals surface area contributed by atoms with E-state index in [4.69, 9.17) is 20.2 Å². The number of aromatic nitrogens is 2. The second-order valence-corrected chi connectivity index (χ2v) is 7.40. The summed E-state index contributed by atoms with van der Waals surface area (Å²) in [5.41, 5.74) is 9.49. The highest BCUT2D eigenvalue weighted by Gasteiger charge is 2.19. The number of carbonyl (C=O) groups is 1. The van der Waals surface area contributed by atoms with Crippen molar-refractivity contribution >= 4 is 17.4 Å². The molecule has 0 saturated heterocycles. The van der Waals surface area contributed by atoms with E-state index >= 15 is 0 Å². The summed E-state index contributed by atoms with van der Waals surface area (Å²) in [5.74, 6) is 2.06. The van der Waals surface area contributed by atoms with Crippen LogP contribution >= 0.6 is 0 Å². The average molecular weight is 429 g/mol. The lowest BCUT2D eigenvalue weighted by molar-refractivity contribution is 0.0954. The van der Waals surface area contributed by atoms with Crippen LogP contribution in [0, 0.1) is 0 Å². The van der Waals surface area contributed by atoms with Gasteiger partial charge in [0.25, 0.3) is 5.91 Å². The summed E-state index contributed by atoms with van der Waals surface area (Å²) < 4.78 is 12.9. The minimum absolute atomic E-state index is 0.177. The maximum Gasteiger partial charge on any atom is 0.251 e. The lowest BCUT2D eigenvalue weighted by atomic mass is 10.1. The van der Waals surface area contributed by atoms with Crippen molar-refractivity contribution in [2.75, 3.05) is 25.2 Å². The number of fused-ring (bicyclic) bond motifs is 2. The van der Waals surface area contributed by atoms with Gasteiger partial charge in [0.2, 0.25) is 6.79 Å². The number of nitrogens with zero attached hydrogens (tertiary/aromatic N) is 2. The Labute approximate surface area is 185 Å². The highest BCUT2D eigenvalue weighted by molar-refractivity contribution is 5.95. The fraction of sp³-hybridized carbons (Fsp3) is 0.167. The number of imidazole rings is 1. The zero-order valence-electron chi connectivity index (χ0n) is 17.4. The lowest BCUT2D eigenvalue weighted by Gasteiger charge is -2.10. The molecule has 0 atom stereocenters. The summed E-state index contributed by atoms with van der Waals surface area (Å²) >= 11 is 0. The maximum absolute atomic E-state index is 12.4. The number of pyridine rings is 1. The Morgan fingerprint density at radius 3 is 2.75 bits per heavy atom. The molecular formula is C24H23N5O3. The number of nitrogens with two attached hydrogens (primary N) is 1. The molecule has 0 spiro atoms. The number of benzene rings is 2. The fourth-order valence-electron chi connectivity index (χ4n) is 3.67. The predicted octanol–water partition coefficient (Wildman–Crippen LogP) is 3.03. The molecule has 32 heavy (non-hydrogen) atoms. The third kappa shape index (κ3) is 3.83. The standard InChI is InChI=1S/C24H23N5O3/c25-9-10-26-24(30)18-8-11-29-21(13-18)28-22(17-6-7-19-20(12-17)32-15-31-19)23(29)27-14-16-4-2-1-3-5-16/h1-8,11-13,27H,9-10,14-15,25H2,(H,26,30). The van der Waals surface area contributed by atoms with Gasteiger partial charge in [-0.15, -0.1) is 0 Å². The number of hydrogen-bond donors (Lipinski definition) is 3. The van der Waals surface area contributed by atoms with Crippen molar-refractivity contribution in [3.05, 3.63) is 78.0 Å². The van der Waals surface area contributed by atoms with E-state index in [1.54, 1.807) is 12.1 Å². The predicted molar refractivity (Wildman–Crippen MR) is 122 cm³/mol. The van der Waals surface area contributed by atoms with Crippen molar-refractivity contribution in [2.24, 2.45) is 5.73 Å². The molecule has 1 aliphatic rings. The molecular weight excluding hydrogens is 406 g/mol. The average Bonchev–Trinajstić information content (AvgIpc) is 3.45. The summed E-state index contributed by atoms with van der Waals surface area (Å²) in [6.07, 6.45) is 1.85. The third-order valence-electron chi connectivity index (χ3n) is 5.27. The monoisotopic (exact) mass is 429 g/mol. The Bertz CT molecular complexity index is 1270. The van der Waals surface area contributed by atoms with E-state index in [0.717, 1.165) is 28.4 Å². The molecule has 1 amide bonds. The molecule has 2 aromatic heterocycles. The molecule has 4 aromatic rings. The van der Waals surface area contributed by atoms with Gasteiger partial charge in [0.05, 0.1) is 0 Å². The topological polar surface area (TPSA) is 103 Å². The number of ether oxygens (including phenoxy) is 2. The maximum atomic E-state index is 12.4. The second kappa shape index (κ2) is 8.60. The summed E-state index contributed by atoms with van der Waals surface area (Å²) in [6.45, 7) is 1.65. The van der Waals surface area contributed by atoms with Gasteiger partial charge in [-0.1, -0.05) is 30.3 Å². The summed E-state index contributed by atoms with van der Waals surface area (Å²) in [4.78, 5) is 17.2. The first-order valence-corrected chi connectivity index (χ1v) is 10.4. The minimum Gasteiger partial charge on any atom is -0.454 e. The Morgan fingerprint density at radius 1 is 1.06 bits per heavy atom. The molecule has 162 valence electrons. The van der Waals surface area contributed by atoms with Gasteiger partial charge in [0.15, 0.2) is 11.5 Å². The van der Waals surface area contributed by atoms with Crippen LogP contribution in [-0.2, 0) is 6.54 Å². The van der Waals surface area contributed by atoms with Crippen LogP contribution in [0.25, 0.3) is 16.9 Å². The van der Waals surface area contributed by atoms with E-state index in [0.29, 0.717) is 36.6 Å². The molecule has 0 fully saturated rings. The first-order valence-electron chi connectivity index (χ1n) is 10.4. The van der Waals surface area contributed by atoms with E-state index in [9.17, 15) is 4.79 Å². The Balaban J connectivity index is 1.55. The van der Waals surface area contributed by atoms with E-state index in [-0.39, 0.29) is 12.7 Å². The van der Waals surface area contributed by atoms with Crippen molar-refractivity contribution in [1.29, 1.82) is 0 Å². The van der Waals surface area contributed by atoms with E-state index in [2.05, 4.69) is 22.8 Å². The van der Waals surface area contributed by atoms with Crippen molar-refractivity contribution in [3.63, 3.8) is 0 Å². The molecule has 4 N–H and O–H groups in total. The van der Waals surface area contributed by atoms with Gasteiger partial charge in [0.1, 0.15) is 17.2 Å². The molecule has 8 nitrogen and oxygen atoms in total. The Morgan fingerprint density at radius 2 is 1.91 bits per heavy atom. The van der Waals surface area contributed by atoms with Gasteiger partial charge in [0, 0.05) is 37.0 Å². The van der Waals surface area contributed by atoms with Crippen LogP contribution in [-0.4, -0.2) is 35.2 Å². The van der Waals surface area contributed by atoms with E-state index < -0.39 is 0 Å². The number of carbonyl (C=O) groups excluding carboxylic acids is 1. The summed E-state index contributed by atoms with van der Waals surface area (Å²) in [6, 6.07) is 19.5. The normalized spacial score (nSPS) is 12.2.